The lowest BCUT2D eigenvalue weighted by Gasteiger charge is -2.20. The minimum absolute atomic E-state index is 0.0630. The smallest absolute Gasteiger partial charge is 0.250 e. The molecule has 0 spiro atoms. The quantitative estimate of drug-likeness (QED) is 0.823. The van der Waals surface area contributed by atoms with Gasteiger partial charge in [0.1, 0.15) is 0 Å². The molecule has 2 aromatic rings. The van der Waals surface area contributed by atoms with E-state index >= 15 is 0 Å². The molecule has 102 valence electrons. The van der Waals surface area contributed by atoms with Crippen molar-refractivity contribution in [3.63, 3.8) is 0 Å². The van der Waals surface area contributed by atoms with Crippen LogP contribution in [0.15, 0.2) is 52.3 Å². The van der Waals surface area contributed by atoms with E-state index in [-0.39, 0.29) is 5.56 Å². The third-order valence-corrected chi connectivity index (χ3v) is 3.87. The number of pyridine rings is 1. The minimum Gasteiger partial charge on any atom is -0.315 e. The minimum atomic E-state index is 0.0630. The fraction of sp³-hybridized carbons (Fsp3) is 0.294. The molecule has 3 rings (SSSR count). The summed E-state index contributed by atoms with van der Waals surface area (Å²) in [4.78, 5) is 16.5. The molecule has 0 unspecified atom stereocenters. The molecule has 0 atom stereocenters. The van der Waals surface area contributed by atoms with Crippen LogP contribution in [0.5, 0.6) is 0 Å². The maximum absolute atomic E-state index is 11.7. The van der Waals surface area contributed by atoms with E-state index in [4.69, 9.17) is 4.99 Å². The van der Waals surface area contributed by atoms with Crippen LogP contribution in [-0.2, 0) is 20.0 Å². The van der Waals surface area contributed by atoms with Crippen LogP contribution in [0.2, 0.25) is 0 Å². The Morgan fingerprint density at radius 1 is 1.10 bits per heavy atom. The van der Waals surface area contributed by atoms with Gasteiger partial charge in [-0.05, 0) is 30.9 Å². The maximum atomic E-state index is 11.7. The first-order valence-electron chi connectivity index (χ1n) is 7.02. The molecule has 1 heterocycles. The lowest BCUT2D eigenvalue weighted by Crippen LogP contribution is -2.25. The standard InChI is InChI=1S/C17H18N2O/c1-19-16-9-5-8-15(14(16)10-11-17(19)20)18-12-13-6-3-2-4-7-13/h2-4,6-7,10-11H,5,8-9,12H2,1H3. The molecule has 0 N–H and O–H groups in total. The summed E-state index contributed by atoms with van der Waals surface area (Å²) in [5, 5.41) is 0. The van der Waals surface area contributed by atoms with Crippen LogP contribution in [0.4, 0.5) is 0 Å². The van der Waals surface area contributed by atoms with Gasteiger partial charge in [0.25, 0.3) is 0 Å². The first-order chi connectivity index (χ1) is 9.75. The zero-order valence-electron chi connectivity index (χ0n) is 11.7. The summed E-state index contributed by atoms with van der Waals surface area (Å²) in [5.74, 6) is 0. The number of benzene rings is 1. The van der Waals surface area contributed by atoms with Crippen molar-refractivity contribution in [1.82, 2.24) is 4.57 Å². The number of hydrogen-bond acceptors (Lipinski definition) is 2. The average Bonchev–Trinajstić information content (AvgIpc) is 2.50. The van der Waals surface area contributed by atoms with Crippen LogP contribution in [0.3, 0.4) is 0 Å². The zero-order chi connectivity index (χ0) is 13.9. The first-order valence-corrected chi connectivity index (χ1v) is 7.02. The van der Waals surface area contributed by atoms with E-state index in [0.29, 0.717) is 6.54 Å². The summed E-state index contributed by atoms with van der Waals surface area (Å²) in [6, 6.07) is 13.8. The Morgan fingerprint density at radius 3 is 2.70 bits per heavy atom. The number of rotatable bonds is 2. The maximum Gasteiger partial charge on any atom is 0.250 e. The Bertz CT molecular complexity index is 699. The molecule has 1 aliphatic rings. The molecule has 20 heavy (non-hydrogen) atoms. The van der Waals surface area contributed by atoms with Crippen molar-refractivity contribution in [3.05, 3.63) is 69.6 Å². The molecular weight excluding hydrogens is 248 g/mol. The molecular formula is C17H18N2O. The highest BCUT2D eigenvalue weighted by atomic mass is 16.1. The second kappa shape index (κ2) is 5.45. The van der Waals surface area contributed by atoms with Crippen molar-refractivity contribution < 1.29 is 0 Å². The normalized spacial score (nSPS) is 16.1. The highest BCUT2D eigenvalue weighted by Crippen LogP contribution is 2.20. The molecule has 0 aliphatic heterocycles. The lowest BCUT2D eigenvalue weighted by atomic mass is 9.93. The second-order valence-electron chi connectivity index (χ2n) is 5.19. The predicted octanol–water partition coefficient (Wildman–Crippen LogP) is 2.71. The Balaban J connectivity index is 1.94. The molecule has 3 heteroatoms. The zero-order valence-corrected chi connectivity index (χ0v) is 11.7. The van der Waals surface area contributed by atoms with Crippen LogP contribution in [0.25, 0.3) is 0 Å². The Kier molecular flexibility index (Phi) is 3.50. The summed E-state index contributed by atoms with van der Waals surface area (Å²) < 4.78 is 1.76. The van der Waals surface area contributed by atoms with E-state index < -0.39 is 0 Å². The fourth-order valence-electron chi connectivity index (χ4n) is 2.73. The fourth-order valence-corrected chi connectivity index (χ4v) is 2.73. The van der Waals surface area contributed by atoms with Gasteiger partial charge in [-0.3, -0.25) is 9.79 Å². The first kappa shape index (κ1) is 12.9. The Labute approximate surface area is 118 Å². The Morgan fingerprint density at radius 2 is 1.90 bits per heavy atom. The van der Waals surface area contributed by atoms with Crippen LogP contribution in [-0.4, -0.2) is 10.3 Å². The van der Waals surface area contributed by atoms with E-state index in [2.05, 4.69) is 12.1 Å². The molecule has 1 aromatic heterocycles. The molecule has 0 bridgehead atoms. The van der Waals surface area contributed by atoms with Crippen molar-refractivity contribution in [2.45, 2.75) is 25.8 Å². The van der Waals surface area contributed by atoms with Gasteiger partial charge >= 0.3 is 0 Å². The van der Waals surface area contributed by atoms with E-state index in [0.717, 1.165) is 36.2 Å². The van der Waals surface area contributed by atoms with Gasteiger partial charge < -0.3 is 4.57 Å². The molecule has 0 saturated carbocycles. The van der Waals surface area contributed by atoms with Crippen molar-refractivity contribution in [2.24, 2.45) is 12.0 Å². The second-order valence-corrected chi connectivity index (χ2v) is 5.19. The summed E-state index contributed by atoms with van der Waals surface area (Å²) in [6.45, 7) is 0.707. The molecule has 0 radical (unpaired) electrons. The van der Waals surface area contributed by atoms with Crippen molar-refractivity contribution in [1.29, 1.82) is 0 Å². The van der Waals surface area contributed by atoms with Gasteiger partial charge in [0.05, 0.1) is 6.54 Å². The lowest BCUT2D eigenvalue weighted by molar-refractivity contribution is 0.711. The van der Waals surface area contributed by atoms with E-state index in [1.807, 2.05) is 31.3 Å². The molecule has 0 saturated heterocycles. The van der Waals surface area contributed by atoms with Gasteiger partial charge in [0.2, 0.25) is 5.56 Å². The summed E-state index contributed by atoms with van der Waals surface area (Å²) in [5.41, 5.74) is 4.68. The van der Waals surface area contributed by atoms with Crippen LogP contribution >= 0.6 is 0 Å². The predicted molar refractivity (Wildman–Crippen MR) is 81.3 cm³/mol. The van der Waals surface area contributed by atoms with Crippen LogP contribution < -0.4 is 5.56 Å². The van der Waals surface area contributed by atoms with Crippen LogP contribution in [0.1, 0.15) is 29.7 Å². The topological polar surface area (TPSA) is 34.4 Å². The number of hydrogen-bond donors (Lipinski definition) is 0. The molecule has 0 fully saturated rings. The number of aromatic nitrogens is 1. The summed E-state index contributed by atoms with van der Waals surface area (Å²) >= 11 is 0. The molecule has 3 nitrogen and oxygen atoms in total. The van der Waals surface area contributed by atoms with Crippen molar-refractivity contribution in [2.75, 3.05) is 0 Å². The highest BCUT2D eigenvalue weighted by molar-refractivity contribution is 6.02. The third kappa shape index (κ3) is 2.44. The van der Waals surface area contributed by atoms with Crippen LogP contribution in [0, 0.1) is 0 Å². The Hall–Kier alpha value is -2.16. The van der Waals surface area contributed by atoms with Gasteiger partial charge in [-0.15, -0.1) is 0 Å². The van der Waals surface area contributed by atoms with Gasteiger partial charge in [-0.25, -0.2) is 0 Å². The van der Waals surface area contributed by atoms with Gasteiger partial charge in [-0.2, -0.15) is 0 Å². The van der Waals surface area contributed by atoms with Crippen molar-refractivity contribution in [3.8, 4) is 0 Å². The van der Waals surface area contributed by atoms with Gasteiger partial charge in [0.15, 0.2) is 0 Å². The monoisotopic (exact) mass is 266 g/mol. The number of nitrogens with zero attached hydrogens (tertiary/aromatic N) is 2. The van der Waals surface area contributed by atoms with Gasteiger partial charge in [0, 0.05) is 30.1 Å². The molecule has 1 aromatic carbocycles. The van der Waals surface area contributed by atoms with Gasteiger partial charge in [-0.1, -0.05) is 30.3 Å². The van der Waals surface area contributed by atoms with Crippen molar-refractivity contribution >= 4 is 5.71 Å². The highest BCUT2D eigenvalue weighted by Gasteiger charge is 2.17. The third-order valence-electron chi connectivity index (χ3n) is 3.87. The SMILES string of the molecule is Cn1c2c(ccc1=O)C(=NCc1ccccc1)CCC2. The van der Waals surface area contributed by atoms with E-state index in [1.54, 1.807) is 10.6 Å². The van der Waals surface area contributed by atoms with E-state index in [9.17, 15) is 4.79 Å². The number of fused-ring (bicyclic) bond motifs is 1. The molecule has 0 amide bonds. The molecule has 1 aliphatic carbocycles. The summed E-state index contributed by atoms with van der Waals surface area (Å²) in [7, 11) is 1.85. The average molecular weight is 266 g/mol. The number of aliphatic imine (C=N–C) groups is 1. The summed E-state index contributed by atoms with van der Waals surface area (Å²) in [6.07, 6.45) is 3.03. The largest absolute Gasteiger partial charge is 0.315 e. The van der Waals surface area contributed by atoms with E-state index in [1.165, 1.54) is 5.56 Å².